The van der Waals surface area contributed by atoms with Gasteiger partial charge in [-0.25, -0.2) is 4.39 Å². The van der Waals surface area contributed by atoms with Crippen molar-refractivity contribution in [2.75, 3.05) is 31.6 Å². The fourth-order valence-electron chi connectivity index (χ4n) is 2.16. The number of rotatable bonds is 3. The highest BCUT2D eigenvalue weighted by Gasteiger charge is 2.23. The Morgan fingerprint density at radius 3 is 2.68 bits per heavy atom. The summed E-state index contributed by atoms with van der Waals surface area (Å²) in [6, 6.07) is 5.06. The van der Waals surface area contributed by atoms with Gasteiger partial charge in [0.2, 0.25) is 0 Å². The summed E-state index contributed by atoms with van der Waals surface area (Å²) < 4.78 is 19.1. The number of morpholine rings is 1. The lowest BCUT2D eigenvalue weighted by atomic mass is 10.1. The van der Waals surface area contributed by atoms with Gasteiger partial charge in [-0.3, -0.25) is 4.79 Å². The largest absolute Gasteiger partial charge is 0.380 e. The molecule has 1 aromatic carbocycles. The van der Waals surface area contributed by atoms with Crippen LogP contribution < -0.4 is 5.32 Å². The third kappa shape index (κ3) is 2.87. The zero-order chi connectivity index (χ0) is 13.2. The summed E-state index contributed by atoms with van der Waals surface area (Å²) in [6.45, 7) is 2.25. The Hall–Kier alpha value is -1.62. The number of carbonyl (C=O) groups is 1. The minimum absolute atomic E-state index is 0.125. The maximum absolute atomic E-state index is 13.9. The molecule has 1 saturated heterocycles. The van der Waals surface area contributed by atoms with Crippen LogP contribution in [0.25, 0.3) is 0 Å². The monoisotopic (exact) mass is 264 g/mol. The van der Waals surface area contributed by atoms with E-state index in [-0.39, 0.29) is 11.7 Å². The van der Waals surface area contributed by atoms with Gasteiger partial charge >= 0.3 is 0 Å². The van der Waals surface area contributed by atoms with Crippen LogP contribution >= 0.6 is 0 Å². The van der Waals surface area contributed by atoms with Crippen molar-refractivity contribution in [1.29, 1.82) is 0 Å². The standard InChI is InChI=1S/C14H17FN2O2/c15-12-9-10(1-4-13(12)16-11-2-3-11)14(18)17-5-7-19-8-6-17/h1,4,9,11,16H,2-3,5-8H2. The molecule has 102 valence electrons. The number of nitrogens with zero attached hydrogens (tertiary/aromatic N) is 1. The molecule has 1 aliphatic carbocycles. The van der Waals surface area contributed by atoms with Crippen molar-refractivity contribution >= 4 is 11.6 Å². The van der Waals surface area contributed by atoms with E-state index in [1.807, 2.05) is 0 Å². The van der Waals surface area contributed by atoms with Crippen LogP contribution in [-0.2, 0) is 4.74 Å². The van der Waals surface area contributed by atoms with E-state index in [1.54, 1.807) is 17.0 Å². The molecule has 0 aromatic heterocycles. The normalized spacial score (nSPS) is 19.3. The maximum Gasteiger partial charge on any atom is 0.254 e. The van der Waals surface area contributed by atoms with Gasteiger partial charge < -0.3 is 15.0 Å². The van der Waals surface area contributed by atoms with Crippen molar-refractivity contribution in [3.63, 3.8) is 0 Å². The second-order valence-electron chi connectivity index (χ2n) is 5.02. The number of benzene rings is 1. The first kappa shape index (κ1) is 12.4. The van der Waals surface area contributed by atoms with Crippen LogP contribution in [-0.4, -0.2) is 43.2 Å². The number of halogens is 1. The lowest BCUT2D eigenvalue weighted by molar-refractivity contribution is 0.0302. The lowest BCUT2D eigenvalue weighted by Gasteiger charge is -2.27. The molecule has 1 saturated carbocycles. The minimum atomic E-state index is -0.356. The average Bonchev–Trinajstić information content (AvgIpc) is 3.25. The highest BCUT2D eigenvalue weighted by molar-refractivity contribution is 5.94. The number of ether oxygens (including phenoxy) is 1. The van der Waals surface area contributed by atoms with Crippen LogP contribution in [0.3, 0.4) is 0 Å². The minimum Gasteiger partial charge on any atom is -0.380 e. The molecular weight excluding hydrogens is 247 g/mol. The fourth-order valence-corrected chi connectivity index (χ4v) is 2.16. The van der Waals surface area contributed by atoms with E-state index < -0.39 is 0 Å². The smallest absolute Gasteiger partial charge is 0.254 e. The molecule has 0 spiro atoms. The van der Waals surface area contributed by atoms with E-state index in [9.17, 15) is 9.18 Å². The molecule has 2 fully saturated rings. The molecule has 0 radical (unpaired) electrons. The van der Waals surface area contributed by atoms with Crippen LogP contribution in [0.5, 0.6) is 0 Å². The van der Waals surface area contributed by atoms with E-state index >= 15 is 0 Å². The Balaban J connectivity index is 1.72. The molecule has 0 bridgehead atoms. The molecular formula is C14H17FN2O2. The predicted octanol–water partition coefficient (Wildman–Crippen LogP) is 1.87. The van der Waals surface area contributed by atoms with E-state index in [4.69, 9.17) is 4.74 Å². The van der Waals surface area contributed by atoms with Gasteiger partial charge in [0.15, 0.2) is 0 Å². The molecule has 0 unspecified atom stereocenters. The summed E-state index contributed by atoms with van der Waals surface area (Å²) in [7, 11) is 0. The second-order valence-corrected chi connectivity index (χ2v) is 5.02. The molecule has 1 heterocycles. The van der Waals surface area contributed by atoms with Gasteiger partial charge in [0.05, 0.1) is 18.9 Å². The molecule has 4 nitrogen and oxygen atoms in total. The SMILES string of the molecule is O=C(c1ccc(NC2CC2)c(F)c1)N1CCOCC1. The second kappa shape index (κ2) is 5.17. The molecule has 2 aliphatic rings. The molecule has 1 amide bonds. The Bertz CT molecular complexity index is 482. The first-order chi connectivity index (χ1) is 9.24. The summed E-state index contributed by atoms with van der Waals surface area (Å²) in [4.78, 5) is 13.9. The fraction of sp³-hybridized carbons (Fsp3) is 0.500. The zero-order valence-electron chi connectivity index (χ0n) is 10.7. The van der Waals surface area contributed by atoms with E-state index in [1.165, 1.54) is 6.07 Å². The van der Waals surface area contributed by atoms with Gasteiger partial charge in [0, 0.05) is 24.7 Å². The Labute approximate surface area is 111 Å². The van der Waals surface area contributed by atoms with Gasteiger partial charge in [0.1, 0.15) is 5.82 Å². The molecule has 19 heavy (non-hydrogen) atoms. The van der Waals surface area contributed by atoms with Gasteiger partial charge in [-0.05, 0) is 31.0 Å². The number of anilines is 1. The van der Waals surface area contributed by atoms with Crippen molar-refractivity contribution in [3.8, 4) is 0 Å². The van der Waals surface area contributed by atoms with Crippen molar-refractivity contribution < 1.29 is 13.9 Å². The average molecular weight is 264 g/mol. The highest BCUT2D eigenvalue weighted by atomic mass is 19.1. The summed E-state index contributed by atoms with van der Waals surface area (Å²) >= 11 is 0. The summed E-state index contributed by atoms with van der Waals surface area (Å²) in [5.41, 5.74) is 0.891. The van der Waals surface area contributed by atoms with Gasteiger partial charge in [-0.1, -0.05) is 0 Å². The van der Waals surface area contributed by atoms with Crippen LogP contribution in [0.2, 0.25) is 0 Å². The van der Waals surface area contributed by atoms with Crippen molar-refractivity contribution in [3.05, 3.63) is 29.6 Å². The summed E-state index contributed by atoms with van der Waals surface area (Å²) in [6.07, 6.45) is 2.18. The van der Waals surface area contributed by atoms with Gasteiger partial charge in [-0.2, -0.15) is 0 Å². The van der Waals surface area contributed by atoms with E-state index in [0.29, 0.717) is 43.6 Å². The van der Waals surface area contributed by atoms with E-state index in [2.05, 4.69) is 5.32 Å². The summed E-state index contributed by atoms with van der Waals surface area (Å²) in [5.74, 6) is -0.480. The third-order valence-corrected chi connectivity index (χ3v) is 3.45. The van der Waals surface area contributed by atoms with Crippen molar-refractivity contribution in [2.45, 2.75) is 18.9 Å². The van der Waals surface area contributed by atoms with Crippen LogP contribution in [0.1, 0.15) is 23.2 Å². The van der Waals surface area contributed by atoms with Crippen LogP contribution in [0, 0.1) is 5.82 Å². The highest BCUT2D eigenvalue weighted by Crippen LogP contribution is 2.26. The van der Waals surface area contributed by atoms with Gasteiger partial charge in [-0.15, -0.1) is 0 Å². The van der Waals surface area contributed by atoms with Crippen LogP contribution in [0.15, 0.2) is 18.2 Å². The van der Waals surface area contributed by atoms with Crippen LogP contribution in [0.4, 0.5) is 10.1 Å². The molecule has 1 N–H and O–H groups in total. The Morgan fingerprint density at radius 2 is 2.05 bits per heavy atom. The quantitative estimate of drug-likeness (QED) is 0.906. The molecule has 3 rings (SSSR count). The topological polar surface area (TPSA) is 41.6 Å². The Kier molecular flexibility index (Phi) is 3.38. The number of hydrogen-bond acceptors (Lipinski definition) is 3. The first-order valence-corrected chi connectivity index (χ1v) is 6.67. The first-order valence-electron chi connectivity index (χ1n) is 6.67. The third-order valence-electron chi connectivity index (χ3n) is 3.45. The molecule has 0 atom stereocenters. The van der Waals surface area contributed by atoms with Crippen molar-refractivity contribution in [2.24, 2.45) is 0 Å². The Morgan fingerprint density at radius 1 is 1.32 bits per heavy atom. The van der Waals surface area contributed by atoms with Crippen molar-refractivity contribution in [1.82, 2.24) is 4.90 Å². The molecule has 5 heteroatoms. The molecule has 1 aromatic rings. The number of carbonyl (C=O) groups excluding carboxylic acids is 1. The van der Waals surface area contributed by atoms with E-state index in [0.717, 1.165) is 12.8 Å². The predicted molar refractivity (Wildman–Crippen MR) is 69.8 cm³/mol. The number of hydrogen-bond donors (Lipinski definition) is 1. The van der Waals surface area contributed by atoms with Gasteiger partial charge in [0.25, 0.3) is 5.91 Å². The lowest BCUT2D eigenvalue weighted by Crippen LogP contribution is -2.40. The zero-order valence-corrected chi connectivity index (χ0v) is 10.7. The maximum atomic E-state index is 13.9. The number of nitrogens with one attached hydrogen (secondary N) is 1. The number of amides is 1. The molecule has 1 aliphatic heterocycles. The summed E-state index contributed by atoms with van der Waals surface area (Å²) in [5, 5.41) is 3.11.